The lowest BCUT2D eigenvalue weighted by Crippen LogP contribution is -2.46. The fraction of sp³-hybridized carbons (Fsp3) is 0.273. The fourth-order valence-corrected chi connectivity index (χ4v) is 3.04. The average Bonchev–Trinajstić information content (AvgIpc) is 3.07. The number of fused-ring (bicyclic) bond motifs is 1. The van der Waals surface area contributed by atoms with Crippen molar-refractivity contribution < 1.29 is 14.7 Å². The number of para-hydroxylation sites is 1. The van der Waals surface area contributed by atoms with E-state index in [0.717, 1.165) is 22.0 Å². The number of aromatic nitrogens is 1. The number of aromatic amines is 1. The third-order valence-electron chi connectivity index (χ3n) is 4.67. The number of benzene rings is 2. The van der Waals surface area contributed by atoms with Gasteiger partial charge in [-0.3, -0.25) is 9.59 Å². The van der Waals surface area contributed by atoms with Crippen molar-refractivity contribution in [2.45, 2.75) is 33.2 Å². The summed E-state index contributed by atoms with van der Waals surface area (Å²) in [5, 5.41) is 16.6. The van der Waals surface area contributed by atoms with Crippen LogP contribution in [0.25, 0.3) is 10.9 Å². The predicted octanol–water partition coefficient (Wildman–Crippen LogP) is 3.50. The van der Waals surface area contributed by atoms with Crippen LogP contribution in [0.1, 0.15) is 25.0 Å². The molecular weight excluding hydrogens is 354 g/mol. The molecule has 6 heteroatoms. The minimum Gasteiger partial charge on any atom is -0.506 e. The van der Waals surface area contributed by atoms with E-state index in [1.807, 2.05) is 37.4 Å². The zero-order valence-corrected chi connectivity index (χ0v) is 16.2. The number of aromatic hydroxyl groups is 1. The second-order valence-corrected chi connectivity index (χ2v) is 7.29. The van der Waals surface area contributed by atoms with E-state index in [0.29, 0.717) is 12.1 Å². The summed E-state index contributed by atoms with van der Waals surface area (Å²) in [6, 6.07) is 12.0. The van der Waals surface area contributed by atoms with E-state index in [-0.39, 0.29) is 23.5 Å². The third-order valence-corrected chi connectivity index (χ3v) is 4.67. The predicted molar refractivity (Wildman–Crippen MR) is 110 cm³/mol. The van der Waals surface area contributed by atoms with Crippen LogP contribution in [0.4, 0.5) is 5.69 Å². The van der Waals surface area contributed by atoms with Crippen molar-refractivity contribution >= 4 is 28.4 Å². The number of rotatable bonds is 6. The highest BCUT2D eigenvalue weighted by Crippen LogP contribution is 2.25. The Morgan fingerprint density at radius 1 is 1.11 bits per heavy atom. The summed E-state index contributed by atoms with van der Waals surface area (Å²) >= 11 is 0. The Kier molecular flexibility index (Phi) is 5.68. The highest BCUT2D eigenvalue weighted by atomic mass is 16.3. The van der Waals surface area contributed by atoms with Crippen LogP contribution >= 0.6 is 0 Å². The Bertz CT molecular complexity index is 1010. The molecule has 146 valence electrons. The normalized spacial score (nSPS) is 12.1. The van der Waals surface area contributed by atoms with Gasteiger partial charge in [-0.1, -0.05) is 38.1 Å². The molecule has 2 amide bonds. The summed E-state index contributed by atoms with van der Waals surface area (Å²) in [6.45, 7) is 5.43. The number of aryl methyl sites for hydroxylation is 1. The molecule has 0 radical (unpaired) electrons. The molecule has 1 aromatic heterocycles. The van der Waals surface area contributed by atoms with E-state index in [9.17, 15) is 14.7 Å². The van der Waals surface area contributed by atoms with Crippen molar-refractivity contribution in [1.82, 2.24) is 10.3 Å². The maximum atomic E-state index is 12.9. The molecule has 4 N–H and O–H groups in total. The molecule has 1 heterocycles. The number of phenols is 1. The Balaban J connectivity index is 1.86. The standard InChI is InChI=1S/C22H25N3O3/c1-13(2)21(27)25-19(11-15-12-23-17-7-5-4-6-16(15)17)22(28)24-18-10-14(3)8-9-20(18)26/h4-10,12-13,19,23,26H,11H2,1-3H3,(H,24,28)(H,25,27). The van der Waals surface area contributed by atoms with Crippen LogP contribution in [0.3, 0.4) is 0 Å². The zero-order chi connectivity index (χ0) is 20.3. The molecule has 2 aromatic carbocycles. The van der Waals surface area contributed by atoms with Crippen LogP contribution in [0.5, 0.6) is 5.75 Å². The number of amides is 2. The smallest absolute Gasteiger partial charge is 0.247 e. The van der Waals surface area contributed by atoms with Gasteiger partial charge in [-0.25, -0.2) is 0 Å². The third kappa shape index (κ3) is 4.34. The maximum Gasteiger partial charge on any atom is 0.247 e. The summed E-state index contributed by atoms with van der Waals surface area (Å²) in [6.07, 6.45) is 2.19. The zero-order valence-electron chi connectivity index (χ0n) is 16.2. The van der Waals surface area contributed by atoms with E-state index in [4.69, 9.17) is 0 Å². The van der Waals surface area contributed by atoms with Crippen molar-refractivity contribution in [2.24, 2.45) is 5.92 Å². The van der Waals surface area contributed by atoms with Crippen molar-refractivity contribution in [3.05, 3.63) is 59.8 Å². The molecule has 0 saturated carbocycles. The highest BCUT2D eigenvalue weighted by Gasteiger charge is 2.24. The summed E-state index contributed by atoms with van der Waals surface area (Å²) in [7, 11) is 0. The summed E-state index contributed by atoms with van der Waals surface area (Å²) in [5.74, 6) is -0.834. The first kappa shape index (κ1) is 19.5. The number of nitrogens with one attached hydrogen (secondary N) is 3. The molecule has 0 aliphatic carbocycles. The molecule has 1 atom stereocenters. The SMILES string of the molecule is Cc1ccc(O)c(NC(=O)C(Cc2c[nH]c3ccccc23)NC(=O)C(C)C)c1. The highest BCUT2D eigenvalue weighted by molar-refractivity contribution is 5.99. The number of anilines is 1. The first-order chi connectivity index (χ1) is 13.3. The van der Waals surface area contributed by atoms with Crippen molar-refractivity contribution in [3.63, 3.8) is 0 Å². The van der Waals surface area contributed by atoms with Gasteiger partial charge >= 0.3 is 0 Å². The van der Waals surface area contributed by atoms with Gasteiger partial charge in [0.1, 0.15) is 11.8 Å². The number of carbonyl (C=O) groups excluding carboxylic acids is 2. The summed E-state index contributed by atoms with van der Waals surface area (Å²) in [4.78, 5) is 28.4. The lowest BCUT2D eigenvalue weighted by molar-refractivity contribution is -0.128. The van der Waals surface area contributed by atoms with Gasteiger partial charge in [-0.2, -0.15) is 0 Å². The van der Waals surface area contributed by atoms with Crippen LogP contribution in [0.2, 0.25) is 0 Å². The van der Waals surface area contributed by atoms with Gasteiger partial charge in [0.05, 0.1) is 5.69 Å². The number of H-pyrrole nitrogens is 1. The minimum absolute atomic E-state index is 0.0139. The Morgan fingerprint density at radius 2 is 1.86 bits per heavy atom. The summed E-state index contributed by atoms with van der Waals surface area (Å²) < 4.78 is 0. The molecule has 0 aliphatic heterocycles. The largest absolute Gasteiger partial charge is 0.506 e. The number of hydrogen-bond donors (Lipinski definition) is 4. The van der Waals surface area contributed by atoms with Crippen LogP contribution in [-0.2, 0) is 16.0 Å². The second kappa shape index (κ2) is 8.17. The molecule has 0 fully saturated rings. The van der Waals surface area contributed by atoms with Crippen molar-refractivity contribution in [3.8, 4) is 5.75 Å². The van der Waals surface area contributed by atoms with Gasteiger partial charge < -0.3 is 20.7 Å². The Labute approximate surface area is 164 Å². The molecule has 3 aromatic rings. The molecule has 0 aliphatic rings. The second-order valence-electron chi connectivity index (χ2n) is 7.29. The Hall–Kier alpha value is -3.28. The quantitative estimate of drug-likeness (QED) is 0.494. The van der Waals surface area contributed by atoms with Gasteiger partial charge in [0.25, 0.3) is 0 Å². The first-order valence-corrected chi connectivity index (χ1v) is 9.31. The fourth-order valence-electron chi connectivity index (χ4n) is 3.04. The number of hydrogen-bond acceptors (Lipinski definition) is 3. The van der Waals surface area contributed by atoms with Gasteiger partial charge in [-0.15, -0.1) is 0 Å². The lowest BCUT2D eigenvalue weighted by Gasteiger charge is -2.20. The average molecular weight is 379 g/mol. The molecule has 28 heavy (non-hydrogen) atoms. The van der Waals surface area contributed by atoms with E-state index < -0.39 is 6.04 Å². The van der Waals surface area contributed by atoms with Crippen LogP contribution < -0.4 is 10.6 Å². The van der Waals surface area contributed by atoms with Crippen LogP contribution in [0.15, 0.2) is 48.7 Å². The summed E-state index contributed by atoms with van der Waals surface area (Å²) in [5.41, 5.74) is 3.15. The van der Waals surface area contributed by atoms with Crippen molar-refractivity contribution in [2.75, 3.05) is 5.32 Å². The number of carbonyl (C=O) groups is 2. The van der Waals surface area contributed by atoms with Gasteiger partial charge in [0, 0.05) is 29.4 Å². The topological polar surface area (TPSA) is 94.2 Å². The molecule has 6 nitrogen and oxygen atoms in total. The Morgan fingerprint density at radius 3 is 2.61 bits per heavy atom. The van der Waals surface area contributed by atoms with E-state index in [1.165, 1.54) is 6.07 Å². The van der Waals surface area contributed by atoms with E-state index in [1.54, 1.807) is 26.0 Å². The van der Waals surface area contributed by atoms with Gasteiger partial charge in [0.2, 0.25) is 11.8 Å². The first-order valence-electron chi connectivity index (χ1n) is 9.31. The van der Waals surface area contributed by atoms with Crippen LogP contribution in [-0.4, -0.2) is 27.9 Å². The number of phenolic OH excluding ortho intramolecular Hbond substituents is 1. The van der Waals surface area contributed by atoms with E-state index in [2.05, 4.69) is 15.6 Å². The maximum absolute atomic E-state index is 12.9. The molecule has 1 unspecified atom stereocenters. The van der Waals surface area contributed by atoms with E-state index >= 15 is 0 Å². The monoisotopic (exact) mass is 379 g/mol. The van der Waals surface area contributed by atoms with Crippen LogP contribution in [0, 0.1) is 12.8 Å². The molecular formula is C22H25N3O3. The van der Waals surface area contributed by atoms with Gasteiger partial charge in [-0.05, 0) is 36.2 Å². The molecule has 0 bridgehead atoms. The lowest BCUT2D eigenvalue weighted by atomic mass is 10.0. The van der Waals surface area contributed by atoms with Crippen molar-refractivity contribution in [1.29, 1.82) is 0 Å². The van der Waals surface area contributed by atoms with Gasteiger partial charge in [0.15, 0.2) is 0 Å². The molecule has 3 rings (SSSR count). The molecule has 0 spiro atoms. The minimum atomic E-state index is -0.769. The molecule has 0 saturated heterocycles.